The van der Waals surface area contributed by atoms with Gasteiger partial charge >= 0.3 is 0 Å². The Labute approximate surface area is 101 Å². The van der Waals surface area contributed by atoms with Gasteiger partial charge in [-0.2, -0.15) is 0 Å². The summed E-state index contributed by atoms with van der Waals surface area (Å²) < 4.78 is 18.9. The number of hydrogen-bond donors (Lipinski definition) is 1. The lowest BCUT2D eigenvalue weighted by Crippen LogP contribution is -2.26. The van der Waals surface area contributed by atoms with Crippen molar-refractivity contribution in [1.29, 1.82) is 0 Å². The summed E-state index contributed by atoms with van der Waals surface area (Å²) in [4.78, 5) is 0. The fourth-order valence-corrected chi connectivity index (χ4v) is 1.85. The maximum atomic E-state index is 13.4. The molecular formula is C14H18FNO. The molecule has 17 heavy (non-hydrogen) atoms. The minimum absolute atomic E-state index is 0.160. The molecule has 2 nitrogen and oxygen atoms in total. The third-order valence-corrected chi connectivity index (χ3v) is 3.13. The minimum Gasteiger partial charge on any atom is -0.458 e. The van der Waals surface area contributed by atoms with E-state index in [9.17, 15) is 4.39 Å². The number of para-hydroxylation sites is 1. The van der Waals surface area contributed by atoms with Gasteiger partial charge in [0, 0.05) is 17.8 Å². The third kappa shape index (κ3) is 2.67. The van der Waals surface area contributed by atoms with Crippen molar-refractivity contribution in [1.82, 2.24) is 0 Å². The molecule has 0 aliphatic carbocycles. The van der Waals surface area contributed by atoms with E-state index < -0.39 is 0 Å². The van der Waals surface area contributed by atoms with Gasteiger partial charge in [0.15, 0.2) is 11.4 Å². The first kappa shape index (κ1) is 12.1. The number of rotatable bonds is 4. The Hall–Kier alpha value is -1.35. The predicted octanol–water partition coefficient (Wildman–Crippen LogP) is 3.49. The van der Waals surface area contributed by atoms with Gasteiger partial charge in [0.25, 0.3) is 0 Å². The van der Waals surface area contributed by atoms with Crippen LogP contribution in [0.2, 0.25) is 0 Å². The average Bonchev–Trinajstić information content (AvgIpc) is 2.70. The zero-order chi connectivity index (χ0) is 12.4. The number of halogens is 1. The molecule has 92 valence electrons. The quantitative estimate of drug-likeness (QED) is 0.881. The van der Waals surface area contributed by atoms with Crippen LogP contribution < -0.4 is 5.73 Å². The Balaban J connectivity index is 2.12. The Bertz CT molecular complexity index is 504. The molecule has 0 fully saturated rings. The Morgan fingerprint density at radius 1 is 1.35 bits per heavy atom. The van der Waals surface area contributed by atoms with Gasteiger partial charge < -0.3 is 10.2 Å². The molecule has 2 rings (SSSR count). The largest absolute Gasteiger partial charge is 0.458 e. The summed E-state index contributed by atoms with van der Waals surface area (Å²) in [6.45, 7) is 4.20. The number of nitrogens with two attached hydrogens (primary N) is 1. The fraction of sp³-hybridized carbons (Fsp3) is 0.429. The van der Waals surface area contributed by atoms with E-state index in [0.29, 0.717) is 11.5 Å². The van der Waals surface area contributed by atoms with E-state index in [1.165, 1.54) is 6.07 Å². The molecule has 0 aliphatic rings. The van der Waals surface area contributed by atoms with E-state index in [1.807, 2.05) is 12.1 Å². The molecule has 1 heterocycles. The summed E-state index contributed by atoms with van der Waals surface area (Å²) in [5.41, 5.74) is 6.32. The van der Waals surface area contributed by atoms with Crippen molar-refractivity contribution in [3.8, 4) is 0 Å². The first-order chi connectivity index (χ1) is 8.08. The second-order valence-corrected chi connectivity index (χ2v) is 4.82. The molecule has 2 N–H and O–H groups in total. The maximum Gasteiger partial charge on any atom is 0.169 e. The van der Waals surface area contributed by atoms with Gasteiger partial charge in [-0.25, -0.2) is 4.39 Å². The molecular weight excluding hydrogens is 217 g/mol. The summed E-state index contributed by atoms with van der Waals surface area (Å²) in [6, 6.07) is 7.01. The van der Waals surface area contributed by atoms with E-state index in [1.54, 1.807) is 6.07 Å². The van der Waals surface area contributed by atoms with Crippen LogP contribution in [0.3, 0.4) is 0 Å². The topological polar surface area (TPSA) is 39.2 Å². The highest BCUT2D eigenvalue weighted by Crippen LogP contribution is 2.23. The molecule has 3 heteroatoms. The molecule has 1 aromatic carbocycles. The smallest absolute Gasteiger partial charge is 0.169 e. The first-order valence-corrected chi connectivity index (χ1v) is 6.00. The first-order valence-electron chi connectivity index (χ1n) is 6.00. The van der Waals surface area contributed by atoms with Crippen LogP contribution in [0.15, 0.2) is 28.7 Å². The summed E-state index contributed by atoms with van der Waals surface area (Å²) in [5, 5.41) is 0.818. The fourth-order valence-electron chi connectivity index (χ4n) is 1.85. The molecule has 1 unspecified atom stereocenters. The lowest BCUT2D eigenvalue weighted by Gasteiger charge is -2.13. The van der Waals surface area contributed by atoms with Crippen molar-refractivity contribution in [2.24, 2.45) is 11.7 Å². The molecule has 0 radical (unpaired) electrons. The van der Waals surface area contributed by atoms with E-state index in [2.05, 4.69) is 13.8 Å². The van der Waals surface area contributed by atoms with Gasteiger partial charge in [-0.1, -0.05) is 26.0 Å². The minimum atomic E-state index is -0.304. The van der Waals surface area contributed by atoms with E-state index in [4.69, 9.17) is 10.2 Å². The molecule has 0 saturated heterocycles. The van der Waals surface area contributed by atoms with Gasteiger partial charge in [0.05, 0.1) is 0 Å². The Morgan fingerprint density at radius 3 is 2.76 bits per heavy atom. The second kappa shape index (κ2) is 4.88. The number of furan rings is 1. The normalized spacial score (nSPS) is 13.5. The van der Waals surface area contributed by atoms with Gasteiger partial charge in [0.1, 0.15) is 5.76 Å². The van der Waals surface area contributed by atoms with Gasteiger partial charge in [-0.05, 0) is 24.5 Å². The van der Waals surface area contributed by atoms with E-state index in [-0.39, 0.29) is 11.9 Å². The van der Waals surface area contributed by atoms with Crippen LogP contribution in [0.1, 0.15) is 26.0 Å². The van der Waals surface area contributed by atoms with Crippen LogP contribution in [-0.4, -0.2) is 6.04 Å². The standard InChI is InChI=1S/C14H18FNO/c1-9(2)13(16)7-6-11-8-10-4-3-5-12(15)14(10)17-11/h3-5,8-9,13H,6-7,16H2,1-2H3. The zero-order valence-corrected chi connectivity index (χ0v) is 10.2. The van der Waals surface area contributed by atoms with E-state index in [0.717, 1.165) is 24.0 Å². The summed E-state index contributed by atoms with van der Waals surface area (Å²) >= 11 is 0. The number of fused-ring (bicyclic) bond motifs is 1. The van der Waals surface area contributed by atoms with Crippen LogP contribution in [0.4, 0.5) is 4.39 Å². The molecule has 2 aromatic rings. The third-order valence-electron chi connectivity index (χ3n) is 3.13. The maximum absolute atomic E-state index is 13.4. The van der Waals surface area contributed by atoms with Crippen LogP contribution in [-0.2, 0) is 6.42 Å². The Kier molecular flexibility index (Phi) is 3.48. The average molecular weight is 235 g/mol. The summed E-state index contributed by atoms with van der Waals surface area (Å²) in [6.07, 6.45) is 1.62. The summed E-state index contributed by atoms with van der Waals surface area (Å²) in [5.74, 6) is 0.958. The highest BCUT2D eigenvalue weighted by Gasteiger charge is 2.11. The van der Waals surface area contributed by atoms with Crippen LogP contribution >= 0.6 is 0 Å². The molecule has 1 atom stereocenters. The zero-order valence-electron chi connectivity index (χ0n) is 10.2. The molecule has 1 aromatic heterocycles. The lowest BCUT2D eigenvalue weighted by molar-refractivity contribution is 0.438. The molecule has 0 amide bonds. The van der Waals surface area contributed by atoms with Crippen molar-refractivity contribution < 1.29 is 8.81 Å². The van der Waals surface area contributed by atoms with Gasteiger partial charge in [0.2, 0.25) is 0 Å². The summed E-state index contributed by atoms with van der Waals surface area (Å²) in [7, 11) is 0. The molecule has 0 aliphatic heterocycles. The van der Waals surface area contributed by atoms with Crippen molar-refractivity contribution >= 4 is 11.0 Å². The van der Waals surface area contributed by atoms with Crippen molar-refractivity contribution in [2.75, 3.05) is 0 Å². The molecule has 0 spiro atoms. The second-order valence-electron chi connectivity index (χ2n) is 4.82. The highest BCUT2D eigenvalue weighted by molar-refractivity contribution is 5.78. The van der Waals surface area contributed by atoms with Gasteiger partial charge in [-0.3, -0.25) is 0 Å². The molecule has 0 bridgehead atoms. The predicted molar refractivity (Wildman–Crippen MR) is 67.3 cm³/mol. The van der Waals surface area contributed by atoms with Crippen LogP contribution in [0, 0.1) is 11.7 Å². The number of benzene rings is 1. The van der Waals surface area contributed by atoms with Crippen molar-refractivity contribution in [2.45, 2.75) is 32.7 Å². The van der Waals surface area contributed by atoms with Gasteiger partial charge in [-0.15, -0.1) is 0 Å². The van der Waals surface area contributed by atoms with Crippen LogP contribution in [0.25, 0.3) is 11.0 Å². The number of hydrogen-bond acceptors (Lipinski definition) is 2. The monoisotopic (exact) mass is 235 g/mol. The van der Waals surface area contributed by atoms with Crippen molar-refractivity contribution in [3.63, 3.8) is 0 Å². The number of aryl methyl sites for hydroxylation is 1. The van der Waals surface area contributed by atoms with Crippen LogP contribution in [0.5, 0.6) is 0 Å². The Morgan fingerprint density at radius 2 is 2.12 bits per heavy atom. The molecule has 0 saturated carbocycles. The highest BCUT2D eigenvalue weighted by atomic mass is 19.1. The SMILES string of the molecule is CC(C)C(N)CCc1cc2cccc(F)c2o1. The van der Waals surface area contributed by atoms with E-state index >= 15 is 0 Å². The van der Waals surface area contributed by atoms with Crippen molar-refractivity contribution in [3.05, 3.63) is 35.8 Å². The lowest BCUT2D eigenvalue weighted by atomic mass is 10.00.